The van der Waals surface area contributed by atoms with Gasteiger partial charge in [-0.1, -0.05) is 0 Å². The van der Waals surface area contributed by atoms with Crippen molar-refractivity contribution in [2.24, 2.45) is 5.73 Å². The first-order valence-corrected chi connectivity index (χ1v) is 6.29. The Bertz CT molecular complexity index is 376. The van der Waals surface area contributed by atoms with E-state index in [4.69, 9.17) is 5.73 Å². The number of ether oxygens (including phenoxy) is 1. The second-order valence-electron chi connectivity index (χ2n) is 3.48. The van der Waals surface area contributed by atoms with E-state index in [0.29, 0.717) is 17.9 Å². The van der Waals surface area contributed by atoms with Gasteiger partial charge in [0.05, 0.1) is 13.3 Å². The zero-order chi connectivity index (χ0) is 12.7. The van der Waals surface area contributed by atoms with Gasteiger partial charge in [-0.05, 0) is 23.8 Å². The fourth-order valence-corrected chi connectivity index (χ4v) is 2.16. The highest BCUT2D eigenvalue weighted by Gasteiger charge is 2.12. The third kappa shape index (κ3) is 5.14. The van der Waals surface area contributed by atoms with E-state index in [9.17, 15) is 9.18 Å². The lowest BCUT2D eigenvalue weighted by Gasteiger charge is -2.08. The van der Waals surface area contributed by atoms with Crippen LogP contribution >= 0.6 is 11.8 Å². The molecular formula is C11H15FN2O2S. The number of hydrogen-bond acceptors (Lipinski definition) is 5. The third-order valence-electron chi connectivity index (χ3n) is 2.11. The van der Waals surface area contributed by atoms with E-state index in [1.807, 2.05) is 0 Å². The highest BCUT2D eigenvalue weighted by molar-refractivity contribution is 7.98. The van der Waals surface area contributed by atoms with E-state index < -0.39 is 12.0 Å². The van der Waals surface area contributed by atoms with Crippen molar-refractivity contribution < 1.29 is 13.9 Å². The van der Waals surface area contributed by atoms with Crippen LogP contribution < -0.4 is 5.73 Å². The van der Waals surface area contributed by atoms with Crippen LogP contribution in [0.4, 0.5) is 4.39 Å². The lowest BCUT2D eigenvalue weighted by atomic mass is 10.2. The molecule has 1 atom stereocenters. The number of aromatic nitrogens is 1. The number of thioether (sulfide) groups is 1. The Hall–Kier alpha value is -1.14. The number of nitrogens with zero attached hydrogens (tertiary/aromatic N) is 1. The number of pyridine rings is 1. The molecule has 2 N–H and O–H groups in total. The molecule has 0 spiro atoms. The Morgan fingerprint density at radius 1 is 1.65 bits per heavy atom. The summed E-state index contributed by atoms with van der Waals surface area (Å²) >= 11 is 1.58. The number of nitrogens with two attached hydrogens (primary N) is 1. The average molecular weight is 258 g/mol. The molecule has 6 heteroatoms. The van der Waals surface area contributed by atoms with Crippen LogP contribution in [-0.2, 0) is 15.3 Å². The molecule has 0 fully saturated rings. The summed E-state index contributed by atoms with van der Waals surface area (Å²) < 4.78 is 17.3. The van der Waals surface area contributed by atoms with Gasteiger partial charge in [0.25, 0.3) is 0 Å². The van der Waals surface area contributed by atoms with Crippen LogP contribution in [0.1, 0.15) is 12.0 Å². The van der Waals surface area contributed by atoms with Crippen LogP contribution in [-0.4, -0.2) is 29.9 Å². The molecule has 1 aromatic rings. The van der Waals surface area contributed by atoms with Crippen molar-refractivity contribution in [3.63, 3.8) is 0 Å². The van der Waals surface area contributed by atoms with E-state index in [1.165, 1.54) is 19.4 Å². The molecule has 0 saturated heterocycles. The lowest BCUT2D eigenvalue weighted by Crippen LogP contribution is -2.31. The molecule has 0 aliphatic carbocycles. The monoisotopic (exact) mass is 258 g/mol. The predicted molar refractivity (Wildman–Crippen MR) is 65.0 cm³/mol. The Morgan fingerprint density at radius 2 is 2.41 bits per heavy atom. The van der Waals surface area contributed by atoms with Crippen LogP contribution in [0.15, 0.2) is 18.5 Å². The molecule has 1 unspecified atom stereocenters. The summed E-state index contributed by atoms with van der Waals surface area (Å²) in [5.41, 5.74) is 6.39. The standard InChI is InChI=1S/C11H15FN2O2S/c1-16-11(15)10(13)2-3-17-7-8-4-9(12)6-14-5-8/h4-6,10H,2-3,7,13H2,1H3. The van der Waals surface area contributed by atoms with Gasteiger partial charge < -0.3 is 10.5 Å². The Balaban J connectivity index is 2.22. The molecular weight excluding hydrogens is 243 g/mol. The maximum atomic E-state index is 12.8. The van der Waals surface area contributed by atoms with E-state index >= 15 is 0 Å². The van der Waals surface area contributed by atoms with Crippen LogP contribution in [0.25, 0.3) is 0 Å². The van der Waals surface area contributed by atoms with Crippen molar-refractivity contribution in [2.45, 2.75) is 18.2 Å². The average Bonchev–Trinajstić information content (AvgIpc) is 2.33. The number of halogens is 1. The minimum absolute atomic E-state index is 0.339. The van der Waals surface area contributed by atoms with E-state index in [1.54, 1.807) is 18.0 Å². The van der Waals surface area contributed by atoms with Crippen LogP contribution in [0, 0.1) is 5.82 Å². The highest BCUT2D eigenvalue weighted by atomic mass is 32.2. The number of carbonyl (C=O) groups excluding carboxylic acids is 1. The molecule has 1 rings (SSSR count). The summed E-state index contributed by atoms with van der Waals surface area (Å²) in [6.07, 6.45) is 3.33. The topological polar surface area (TPSA) is 65.2 Å². The lowest BCUT2D eigenvalue weighted by molar-refractivity contribution is -0.142. The smallest absolute Gasteiger partial charge is 0.322 e. The number of hydrogen-bond donors (Lipinski definition) is 1. The van der Waals surface area contributed by atoms with Gasteiger partial charge in [-0.3, -0.25) is 9.78 Å². The second-order valence-corrected chi connectivity index (χ2v) is 4.59. The summed E-state index contributed by atoms with van der Waals surface area (Å²) in [6.45, 7) is 0. The molecule has 4 nitrogen and oxygen atoms in total. The maximum Gasteiger partial charge on any atom is 0.322 e. The molecule has 0 saturated carbocycles. The maximum absolute atomic E-state index is 12.8. The second kappa shape index (κ2) is 7.24. The summed E-state index contributed by atoms with van der Waals surface area (Å²) in [5, 5.41) is 0. The zero-order valence-electron chi connectivity index (χ0n) is 9.56. The summed E-state index contributed by atoms with van der Waals surface area (Å²) in [5.74, 6) is 0.623. The summed E-state index contributed by atoms with van der Waals surface area (Å²) in [4.78, 5) is 14.8. The van der Waals surface area contributed by atoms with Gasteiger partial charge in [-0.2, -0.15) is 11.8 Å². The first-order chi connectivity index (χ1) is 8.13. The molecule has 0 amide bonds. The first kappa shape index (κ1) is 13.9. The minimum Gasteiger partial charge on any atom is -0.468 e. The minimum atomic E-state index is -0.585. The van der Waals surface area contributed by atoms with Crippen LogP contribution in [0.3, 0.4) is 0 Å². The molecule has 1 heterocycles. The van der Waals surface area contributed by atoms with E-state index in [2.05, 4.69) is 9.72 Å². The highest BCUT2D eigenvalue weighted by Crippen LogP contribution is 2.13. The van der Waals surface area contributed by atoms with Gasteiger partial charge in [-0.15, -0.1) is 0 Å². The molecule has 1 aromatic heterocycles. The van der Waals surface area contributed by atoms with Crippen molar-refractivity contribution in [2.75, 3.05) is 12.9 Å². The van der Waals surface area contributed by atoms with Crippen LogP contribution in [0.5, 0.6) is 0 Å². The molecule has 0 radical (unpaired) electrons. The number of carbonyl (C=O) groups is 1. The van der Waals surface area contributed by atoms with Crippen molar-refractivity contribution in [3.8, 4) is 0 Å². The zero-order valence-corrected chi connectivity index (χ0v) is 10.4. The first-order valence-electron chi connectivity index (χ1n) is 5.14. The van der Waals surface area contributed by atoms with Crippen molar-refractivity contribution in [3.05, 3.63) is 29.8 Å². The van der Waals surface area contributed by atoms with Gasteiger partial charge in [0.2, 0.25) is 0 Å². The van der Waals surface area contributed by atoms with Gasteiger partial charge in [0.1, 0.15) is 11.9 Å². The van der Waals surface area contributed by atoms with Crippen molar-refractivity contribution in [1.82, 2.24) is 4.98 Å². The molecule has 0 aromatic carbocycles. The van der Waals surface area contributed by atoms with Gasteiger partial charge in [0.15, 0.2) is 0 Å². The quantitative estimate of drug-likeness (QED) is 0.616. The summed E-state index contributed by atoms with van der Waals surface area (Å²) in [6, 6.07) is 0.860. The van der Waals surface area contributed by atoms with E-state index in [-0.39, 0.29) is 5.82 Å². The third-order valence-corrected chi connectivity index (χ3v) is 3.17. The molecule has 0 bridgehead atoms. The SMILES string of the molecule is COC(=O)C(N)CCSCc1cncc(F)c1. The Kier molecular flexibility index (Phi) is 5.93. The Labute approximate surface area is 104 Å². The number of rotatable bonds is 6. The van der Waals surface area contributed by atoms with Gasteiger partial charge in [-0.25, -0.2) is 4.39 Å². The van der Waals surface area contributed by atoms with E-state index in [0.717, 1.165) is 5.56 Å². The largest absolute Gasteiger partial charge is 0.468 e. The number of esters is 1. The predicted octanol–water partition coefficient (Wildman–Crippen LogP) is 1.34. The van der Waals surface area contributed by atoms with Crippen molar-refractivity contribution in [1.29, 1.82) is 0 Å². The fourth-order valence-electron chi connectivity index (χ4n) is 1.20. The number of methoxy groups -OCH3 is 1. The Morgan fingerprint density at radius 3 is 3.06 bits per heavy atom. The molecule has 0 aliphatic heterocycles. The molecule has 94 valence electrons. The normalized spacial score (nSPS) is 12.2. The van der Waals surface area contributed by atoms with Gasteiger partial charge in [0, 0.05) is 11.9 Å². The van der Waals surface area contributed by atoms with Gasteiger partial charge >= 0.3 is 5.97 Å². The summed E-state index contributed by atoms with van der Waals surface area (Å²) in [7, 11) is 1.31. The molecule has 0 aliphatic rings. The van der Waals surface area contributed by atoms with Crippen molar-refractivity contribution >= 4 is 17.7 Å². The van der Waals surface area contributed by atoms with Crippen LogP contribution in [0.2, 0.25) is 0 Å². The molecule has 17 heavy (non-hydrogen) atoms. The fraction of sp³-hybridized carbons (Fsp3) is 0.455.